The van der Waals surface area contributed by atoms with Crippen LogP contribution in [0, 0.1) is 17.7 Å². The van der Waals surface area contributed by atoms with Gasteiger partial charge < -0.3 is 10.1 Å². The van der Waals surface area contributed by atoms with Crippen LogP contribution in [-0.4, -0.2) is 53.0 Å². The maximum atomic E-state index is 14.7. The molecule has 1 aromatic heterocycles. The second-order valence-corrected chi connectivity index (χ2v) is 12.0. The molecule has 1 N–H and O–H groups in total. The fraction of sp³-hybridized carbons (Fsp3) is 0.633. The Labute approximate surface area is 239 Å². The molecule has 0 spiro atoms. The molecule has 218 valence electrons. The van der Waals surface area contributed by atoms with Crippen molar-refractivity contribution in [3.63, 3.8) is 0 Å². The molecule has 3 aliphatic rings. The third kappa shape index (κ3) is 6.97. The lowest BCUT2D eigenvalue weighted by Crippen LogP contribution is -2.50. The maximum Gasteiger partial charge on any atom is 0.266 e. The second-order valence-electron chi connectivity index (χ2n) is 11.6. The lowest BCUT2D eigenvalue weighted by Gasteiger charge is -2.39. The number of alkyl halides is 2. The molecule has 10 heteroatoms. The summed E-state index contributed by atoms with van der Waals surface area (Å²) in [4.78, 5) is 24.3. The smallest absolute Gasteiger partial charge is 0.266 e. The predicted molar refractivity (Wildman–Crippen MR) is 148 cm³/mol. The Hall–Kier alpha value is -2.23. The second kappa shape index (κ2) is 13.2. The van der Waals surface area contributed by atoms with Crippen molar-refractivity contribution >= 4 is 23.2 Å². The van der Waals surface area contributed by atoms with Gasteiger partial charge in [0.2, 0.25) is 5.28 Å². The Morgan fingerprint density at radius 1 is 1.12 bits per heavy atom. The van der Waals surface area contributed by atoms with Crippen LogP contribution in [0.2, 0.25) is 5.28 Å². The Kier molecular flexibility index (Phi) is 9.64. The van der Waals surface area contributed by atoms with Crippen LogP contribution in [-0.2, 0) is 22.4 Å². The van der Waals surface area contributed by atoms with Crippen molar-refractivity contribution in [1.82, 2.24) is 14.9 Å². The highest BCUT2D eigenvalue weighted by Crippen LogP contribution is 2.36. The fourth-order valence-electron chi connectivity index (χ4n) is 6.34. The van der Waals surface area contributed by atoms with Crippen molar-refractivity contribution < 1.29 is 22.7 Å². The van der Waals surface area contributed by atoms with Gasteiger partial charge in [-0.3, -0.25) is 9.69 Å². The van der Waals surface area contributed by atoms with Gasteiger partial charge in [0, 0.05) is 24.0 Å². The summed E-state index contributed by atoms with van der Waals surface area (Å²) in [7, 11) is 0. The zero-order chi connectivity index (χ0) is 28.2. The van der Waals surface area contributed by atoms with Gasteiger partial charge in [-0.15, -0.1) is 0 Å². The average Bonchev–Trinajstić information content (AvgIpc) is 3.28. The van der Waals surface area contributed by atoms with E-state index in [1.165, 1.54) is 25.0 Å². The third-order valence-corrected chi connectivity index (χ3v) is 8.94. The van der Waals surface area contributed by atoms with E-state index in [0.29, 0.717) is 49.2 Å². The van der Waals surface area contributed by atoms with Crippen molar-refractivity contribution in [3.8, 4) is 0 Å². The standard InChI is InChI=1S/C30H38ClF3N4O2/c1-18(23-6-4-7-24(27(23)32)28(33)34)35-29-25-14-20(15-26(25)36-30(31)37-29)8-9-22(39)13-19-5-2-3-11-38(12-10-19)21-16-40-17-21/h4,6-7,18-21,28H,2-3,5,8-17H2,1H3,(H,35,36,37)/t18-,19?,20?/m1/s1. The average molecular weight is 579 g/mol. The van der Waals surface area contributed by atoms with E-state index in [0.717, 1.165) is 62.9 Å². The Morgan fingerprint density at radius 3 is 2.67 bits per heavy atom. The molecule has 2 unspecified atom stereocenters. The quantitative estimate of drug-likeness (QED) is 0.316. The number of carbonyl (C=O) groups excluding carboxylic acids is 1. The van der Waals surface area contributed by atoms with Crippen molar-refractivity contribution in [2.75, 3.05) is 31.6 Å². The molecule has 0 bridgehead atoms. The lowest BCUT2D eigenvalue weighted by atomic mass is 9.88. The van der Waals surface area contributed by atoms with Crippen molar-refractivity contribution in [2.45, 2.75) is 83.2 Å². The third-order valence-electron chi connectivity index (χ3n) is 8.77. The van der Waals surface area contributed by atoms with Gasteiger partial charge in [-0.2, -0.15) is 0 Å². The number of carbonyl (C=O) groups is 1. The number of benzene rings is 1. The van der Waals surface area contributed by atoms with E-state index < -0.39 is 23.8 Å². The molecule has 0 radical (unpaired) electrons. The number of rotatable bonds is 10. The predicted octanol–water partition coefficient (Wildman–Crippen LogP) is 6.73. The van der Waals surface area contributed by atoms with Gasteiger partial charge in [0.05, 0.1) is 36.6 Å². The van der Waals surface area contributed by atoms with Gasteiger partial charge in [0.1, 0.15) is 17.4 Å². The molecule has 3 atom stereocenters. The molecule has 5 rings (SSSR count). The summed E-state index contributed by atoms with van der Waals surface area (Å²) in [6, 6.07) is 3.97. The molecule has 0 amide bonds. The first-order valence-electron chi connectivity index (χ1n) is 14.5. The molecule has 1 aromatic carbocycles. The first kappa shape index (κ1) is 29.3. The number of fused-ring (bicyclic) bond motifs is 1. The van der Waals surface area contributed by atoms with Crippen molar-refractivity contribution in [3.05, 3.63) is 51.7 Å². The van der Waals surface area contributed by atoms with Crippen LogP contribution in [0.15, 0.2) is 18.2 Å². The number of ether oxygens (including phenoxy) is 1. The highest BCUT2D eigenvalue weighted by atomic mass is 35.5. The van der Waals surface area contributed by atoms with Crippen LogP contribution in [0.4, 0.5) is 19.0 Å². The van der Waals surface area contributed by atoms with Crippen molar-refractivity contribution in [2.24, 2.45) is 11.8 Å². The van der Waals surface area contributed by atoms with Crippen LogP contribution < -0.4 is 5.32 Å². The maximum absolute atomic E-state index is 14.7. The number of hydrogen-bond donors (Lipinski definition) is 1. The Morgan fingerprint density at radius 2 is 1.93 bits per heavy atom. The summed E-state index contributed by atoms with van der Waals surface area (Å²) in [5, 5.41) is 3.26. The first-order chi connectivity index (χ1) is 19.3. The normalized spacial score (nSPS) is 22.9. The van der Waals surface area contributed by atoms with Gasteiger partial charge in [0.25, 0.3) is 6.43 Å². The van der Waals surface area contributed by atoms with Crippen LogP contribution in [0.3, 0.4) is 0 Å². The molecule has 2 aliphatic heterocycles. The molecule has 6 nitrogen and oxygen atoms in total. The molecule has 2 saturated heterocycles. The van der Waals surface area contributed by atoms with E-state index in [9.17, 15) is 18.0 Å². The molecule has 40 heavy (non-hydrogen) atoms. The molecule has 3 heterocycles. The lowest BCUT2D eigenvalue weighted by molar-refractivity contribution is -0.120. The summed E-state index contributed by atoms with van der Waals surface area (Å²) in [5.41, 5.74) is 1.25. The largest absolute Gasteiger partial charge is 0.378 e. The topological polar surface area (TPSA) is 67.4 Å². The first-order valence-corrected chi connectivity index (χ1v) is 14.9. The number of anilines is 1. The molecule has 0 saturated carbocycles. The highest BCUT2D eigenvalue weighted by molar-refractivity contribution is 6.28. The minimum Gasteiger partial charge on any atom is -0.378 e. The van der Waals surface area contributed by atoms with E-state index in [2.05, 4.69) is 20.2 Å². The fourth-order valence-corrected chi connectivity index (χ4v) is 6.53. The monoisotopic (exact) mass is 578 g/mol. The highest BCUT2D eigenvalue weighted by Gasteiger charge is 2.30. The number of ketones is 1. The number of nitrogens with zero attached hydrogens (tertiary/aromatic N) is 3. The number of likely N-dealkylation sites (tertiary alicyclic amines) is 1. The summed E-state index contributed by atoms with van der Waals surface area (Å²) in [6.45, 7) is 5.56. The number of Topliss-reactive ketones (excluding diaryl/α,β-unsaturated/α-hetero) is 1. The number of nitrogens with one attached hydrogen (secondary N) is 1. The number of aromatic nitrogens is 2. The minimum atomic E-state index is -2.89. The van der Waals surface area contributed by atoms with E-state index in [-0.39, 0.29) is 16.8 Å². The van der Waals surface area contributed by atoms with E-state index in [1.54, 1.807) is 6.92 Å². The van der Waals surface area contributed by atoms with Gasteiger partial charge in [-0.1, -0.05) is 24.6 Å². The van der Waals surface area contributed by atoms with Gasteiger partial charge >= 0.3 is 0 Å². The van der Waals surface area contributed by atoms with Gasteiger partial charge in [-0.05, 0) is 82.0 Å². The SMILES string of the molecule is C[C@@H](Nc1nc(Cl)nc2c1CC(CCC(=O)CC1CCCCN(C3COC3)CC1)C2)c1cccc(C(F)F)c1F. The zero-order valence-electron chi connectivity index (χ0n) is 23.0. The summed E-state index contributed by atoms with van der Waals surface area (Å²) >= 11 is 6.21. The Balaban J connectivity index is 1.15. The Bertz CT molecular complexity index is 1200. The molecule has 2 fully saturated rings. The van der Waals surface area contributed by atoms with Crippen molar-refractivity contribution in [1.29, 1.82) is 0 Å². The van der Waals surface area contributed by atoms with Crippen LogP contribution in [0.25, 0.3) is 0 Å². The molecular weight excluding hydrogens is 541 g/mol. The van der Waals surface area contributed by atoms with E-state index in [1.807, 2.05) is 0 Å². The summed E-state index contributed by atoms with van der Waals surface area (Å²) in [6.07, 6.45) is 5.00. The molecule has 2 aromatic rings. The van der Waals surface area contributed by atoms with Crippen LogP contribution in [0.1, 0.15) is 86.7 Å². The van der Waals surface area contributed by atoms with Gasteiger partial charge in [-0.25, -0.2) is 23.1 Å². The summed E-state index contributed by atoms with van der Waals surface area (Å²) < 4.78 is 46.5. The number of halogens is 4. The molecular formula is C30H38ClF3N4O2. The molecule has 1 aliphatic carbocycles. The minimum absolute atomic E-state index is 0.0822. The zero-order valence-corrected chi connectivity index (χ0v) is 23.7. The van der Waals surface area contributed by atoms with Crippen LogP contribution >= 0.6 is 11.6 Å². The number of hydrogen-bond acceptors (Lipinski definition) is 6. The van der Waals surface area contributed by atoms with Crippen LogP contribution in [0.5, 0.6) is 0 Å². The van der Waals surface area contributed by atoms with E-state index >= 15 is 0 Å². The van der Waals surface area contributed by atoms with E-state index in [4.69, 9.17) is 16.3 Å². The van der Waals surface area contributed by atoms with Gasteiger partial charge in [0.15, 0.2) is 0 Å². The summed E-state index contributed by atoms with van der Waals surface area (Å²) in [5.74, 6) is 0.593.